The molecule has 2 unspecified atom stereocenters. The van der Waals surface area contributed by atoms with E-state index in [0.29, 0.717) is 23.9 Å². The number of ether oxygens (including phenoxy) is 2. The van der Waals surface area contributed by atoms with Crippen LogP contribution >= 0.6 is 0 Å². The lowest BCUT2D eigenvalue weighted by atomic mass is 9.88. The quantitative estimate of drug-likeness (QED) is 0.852. The largest absolute Gasteiger partial charge is 0.497 e. The molecule has 0 saturated carbocycles. The van der Waals surface area contributed by atoms with Gasteiger partial charge in [0.15, 0.2) is 0 Å². The van der Waals surface area contributed by atoms with E-state index in [4.69, 9.17) is 9.47 Å². The Morgan fingerprint density at radius 2 is 2.00 bits per heavy atom. The number of methoxy groups -OCH3 is 2. The number of carbonyl (C=O) groups excluding carboxylic acids is 1. The lowest BCUT2D eigenvalue weighted by molar-refractivity contribution is 0.0567. The molecule has 0 fully saturated rings. The van der Waals surface area contributed by atoms with Crippen molar-refractivity contribution < 1.29 is 14.3 Å². The molecule has 1 aromatic heterocycles. The Kier molecular flexibility index (Phi) is 4.11. The van der Waals surface area contributed by atoms with Crippen LogP contribution in [0.3, 0.4) is 0 Å². The maximum Gasteiger partial charge on any atom is 0.256 e. The van der Waals surface area contributed by atoms with Crippen LogP contribution in [0.5, 0.6) is 5.88 Å². The van der Waals surface area contributed by atoms with Crippen molar-refractivity contribution in [3.05, 3.63) is 47.4 Å². The van der Waals surface area contributed by atoms with E-state index in [-0.39, 0.29) is 11.8 Å². The van der Waals surface area contributed by atoms with Gasteiger partial charge in [-0.25, -0.2) is 4.98 Å². The Morgan fingerprint density at radius 3 is 2.62 bits per heavy atom. The Morgan fingerprint density at radius 1 is 1.25 bits per heavy atom. The van der Waals surface area contributed by atoms with Crippen LogP contribution in [0.1, 0.15) is 36.8 Å². The Balaban J connectivity index is 1.87. The highest BCUT2D eigenvalue weighted by Gasteiger charge is 2.45. The molecule has 2 heterocycles. The monoisotopic (exact) mass is 328 g/mol. The van der Waals surface area contributed by atoms with E-state index in [1.165, 1.54) is 0 Å². The summed E-state index contributed by atoms with van der Waals surface area (Å²) in [4.78, 5) is 19.3. The van der Waals surface area contributed by atoms with Crippen molar-refractivity contribution in [1.29, 1.82) is 0 Å². The van der Waals surface area contributed by atoms with Gasteiger partial charge in [0.2, 0.25) is 5.88 Å². The van der Waals surface area contributed by atoms with E-state index in [0.717, 1.165) is 11.5 Å². The first-order valence-electron chi connectivity index (χ1n) is 8.20. The minimum Gasteiger partial charge on any atom is -0.497 e. The fourth-order valence-electron chi connectivity index (χ4n) is 3.44. The van der Waals surface area contributed by atoms with Crippen LogP contribution in [0, 0.1) is 11.8 Å². The highest BCUT2D eigenvalue weighted by atomic mass is 16.5. The zero-order valence-corrected chi connectivity index (χ0v) is 14.9. The molecule has 128 valence electrons. The SMILES string of the molecule is COC1=CC(C)C(CN2C(=O)c3ccc(OC)nc3C2(C)C)C=C1. The highest BCUT2D eigenvalue weighted by molar-refractivity contribution is 5.99. The van der Waals surface area contributed by atoms with E-state index < -0.39 is 5.54 Å². The third-order valence-corrected chi connectivity index (χ3v) is 5.05. The van der Waals surface area contributed by atoms with Crippen molar-refractivity contribution in [2.24, 2.45) is 11.8 Å². The number of carbonyl (C=O) groups is 1. The van der Waals surface area contributed by atoms with Crippen LogP contribution in [0.4, 0.5) is 0 Å². The minimum atomic E-state index is -0.459. The fraction of sp³-hybridized carbons (Fsp3) is 0.474. The second-order valence-corrected chi connectivity index (χ2v) is 6.88. The molecule has 0 N–H and O–H groups in total. The average Bonchev–Trinajstić information content (AvgIpc) is 2.76. The maximum atomic E-state index is 12.9. The number of pyridine rings is 1. The van der Waals surface area contributed by atoms with Crippen LogP contribution in [0.2, 0.25) is 0 Å². The van der Waals surface area contributed by atoms with Gasteiger partial charge in [0.25, 0.3) is 5.91 Å². The maximum absolute atomic E-state index is 12.9. The van der Waals surface area contributed by atoms with Crippen molar-refractivity contribution in [1.82, 2.24) is 9.88 Å². The molecule has 0 spiro atoms. The molecule has 3 rings (SSSR count). The predicted molar refractivity (Wildman–Crippen MR) is 91.7 cm³/mol. The molecule has 2 aliphatic rings. The molecule has 0 radical (unpaired) electrons. The molecule has 2 atom stereocenters. The number of rotatable bonds is 4. The third-order valence-electron chi connectivity index (χ3n) is 5.05. The summed E-state index contributed by atoms with van der Waals surface area (Å²) in [6, 6.07) is 3.56. The summed E-state index contributed by atoms with van der Waals surface area (Å²) in [5.74, 6) is 2.01. The Bertz CT molecular complexity index is 721. The molecular weight excluding hydrogens is 304 g/mol. The van der Waals surface area contributed by atoms with Crippen molar-refractivity contribution in [2.75, 3.05) is 20.8 Å². The van der Waals surface area contributed by atoms with Gasteiger partial charge in [-0.1, -0.05) is 13.0 Å². The smallest absolute Gasteiger partial charge is 0.256 e. The zero-order chi connectivity index (χ0) is 17.5. The van der Waals surface area contributed by atoms with Crippen molar-refractivity contribution in [2.45, 2.75) is 26.3 Å². The summed E-state index contributed by atoms with van der Waals surface area (Å²) in [6.45, 7) is 6.87. The topological polar surface area (TPSA) is 51.7 Å². The first kappa shape index (κ1) is 16.6. The summed E-state index contributed by atoms with van der Waals surface area (Å²) >= 11 is 0. The van der Waals surface area contributed by atoms with Crippen molar-refractivity contribution in [3.8, 4) is 5.88 Å². The average molecular weight is 328 g/mol. The Hall–Kier alpha value is -2.30. The van der Waals surface area contributed by atoms with Gasteiger partial charge >= 0.3 is 0 Å². The summed E-state index contributed by atoms with van der Waals surface area (Å²) in [7, 11) is 3.26. The molecule has 0 aromatic carbocycles. The number of hydrogen-bond donors (Lipinski definition) is 0. The molecule has 0 saturated heterocycles. The van der Waals surface area contributed by atoms with Crippen molar-refractivity contribution >= 4 is 5.91 Å². The first-order chi connectivity index (χ1) is 11.4. The first-order valence-corrected chi connectivity index (χ1v) is 8.20. The van der Waals surface area contributed by atoms with Gasteiger partial charge in [0.05, 0.1) is 31.0 Å². The second kappa shape index (κ2) is 5.96. The van der Waals surface area contributed by atoms with Crippen LogP contribution in [0.25, 0.3) is 0 Å². The van der Waals surface area contributed by atoms with E-state index in [2.05, 4.69) is 24.1 Å². The van der Waals surface area contributed by atoms with Gasteiger partial charge in [-0.15, -0.1) is 0 Å². The van der Waals surface area contributed by atoms with E-state index >= 15 is 0 Å². The van der Waals surface area contributed by atoms with E-state index in [1.807, 2.05) is 30.9 Å². The number of hydrogen-bond acceptors (Lipinski definition) is 4. The van der Waals surface area contributed by atoms with Crippen LogP contribution in [-0.2, 0) is 10.3 Å². The molecule has 0 bridgehead atoms. The number of aromatic nitrogens is 1. The van der Waals surface area contributed by atoms with Crippen molar-refractivity contribution in [3.63, 3.8) is 0 Å². The molecule has 1 aliphatic carbocycles. The lowest BCUT2D eigenvalue weighted by Crippen LogP contribution is -2.43. The summed E-state index contributed by atoms with van der Waals surface area (Å²) in [5.41, 5.74) is 0.994. The van der Waals surface area contributed by atoms with Crippen LogP contribution in [0.15, 0.2) is 36.1 Å². The van der Waals surface area contributed by atoms with Crippen LogP contribution < -0.4 is 4.74 Å². The normalized spacial score (nSPS) is 24.6. The molecule has 1 aliphatic heterocycles. The van der Waals surface area contributed by atoms with E-state index in [9.17, 15) is 4.79 Å². The predicted octanol–water partition coefficient (Wildman–Crippen LogP) is 3.13. The summed E-state index contributed by atoms with van der Waals surface area (Å²) in [6.07, 6.45) is 6.21. The van der Waals surface area contributed by atoms with Gasteiger partial charge in [-0.3, -0.25) is 4.79 Å². The molecule has 24 heavy (non-hydrogen) atoms. The van der Waals surface area contributed by atoms with Crippen LogP contribution in [-0.4, -0.2) is 36.6 Å². The van der Waals surface area contributed by atoms with Gasteiger partial charge in [-0.2, -0.15) is 0 Å². The molecular formula is C19H24N2O3. The molecule has 5 nitrogen and oxygen atoms in total. The fourth-order valence-corrected chi connectivity index (χ4v) is 3.44. The minimum absolute atomic E-state index is 0.0345. The molecule has 1 aromatic rings. The molecule has 5 heteroatoms. The van der Waals surface area contributed by atoms with Gasteiger partial charge in [0, 0.05) is 18.5 Å². The number of amides is 1. The third kappa shape index (κ3) is 2.58. The molecule has 1 amide bonds. The lowest BCUT2D eigenvalue weighted by Gasteiger charge is -2.36. The Labute approximate surface area is 143 Å². The standard InChI is InChI=1S/C19H24N2O3/c1-12-10-14(23-4)7-6-13(12)11-21-18(22)15-8-9-16(24-5)20-17(15)19(21,2)3/h6-10,12-13H,11H2,1-5H3. The highest BCUT2D eigenvalue weighted by Crippen LogP contribution is 2.40. The summed E-state index contributed by atoms with van der Waals surface area (Å²) in [5, 5.41) is 0. The number of nitrogens with zero attached hydrogens (tertiary/aromatic N) is 2. The van der Waals surface area contributed by atoms with Gasteiger partial charge in [0.1, 0.15) is 5.76 Å². The second-order valence-electron chi connectivity index (χ2n) is 6.88. The van der Waals surface area contributed by atoms with Gasteiger partial charge in [-0.05, 0) is 38.0 Å². The summed E-state index contributed by atoms with van der Waals surface area (Å²) < 4.78 is 10.5. The zero-order valence-electron chi connectivity index (χ0n) is 14.9. The van der Waals surface area contributed by atoms with Gasteiger partial charge < -0.3 is 14.4 Å². The van der Waals surface area contributed by atoms with E-state index in [1.54, 1.807) is 20.3 Å². The number of allylic oxidation sites excluding steroid dienone is 2. The number of fused-ring (bicyclic) bond motifs is 1.